The Kier molecular flexibility index (Phi) is 3.99. The van der Waals surface area contributed by atoms with E-state index >= 15 is 0 Å². The van der Waals surface area contributed by atoms with Gasteiger partial charge in [-0.15, -0.1) is 0 Å². The second-order valence-corrected chi connectivity index (χ2v) is 4.66. The van der Waals surface area contributed by atoms with Crippen molar-refractivity contribution < 1.29 is 9.84 Å². The van der Waals surface area contributed by atoms with Gasteiger partial charge in [0.1, 0.15) is 5.75 Å². The van der Waals surface area contributed by atoms with Gasteiger partial charge in [-0.25, -0.2) is 4.98 Å². The predicted octanol–water partition coefficient (Wildman–Crippen LogP) is 3.78. The maximum Gasteiger partial charge on any atom is 0.219 e. The number of benzene rings is 1. The number of rotatable bonds is 3. The smallest absolute Gasteiger partial charge is 0.219 e. The highest BCUT2D eigenvalue weighted by atomic mass is 79.9. The molecule has 0 unspecified atom stereocenters. The van der Waals surface area contributed by atoms with Gasteiger partial charge in [0.25, 0.3) is 0 Å². The molecule has 0 aliphatic rings. The van der Waals surface area contributed by atoms with E-state index in [1.807, 2.05) is 6.07 Å². The van der Waals surface area contributed by atoms with Crippen molar-refractivity contribution in [2.24, 2.45) is 0 Å². The van der Waals surface area contributed by atoms with Crippen LogP contribution in [0.4, 0.5) is 0 Å². The Hall–Kier alpha value is -1.10. The lowest BCUT2D eigenvalue weighted by atomic mass is 10.3. The zero-order chi connectivity index (χ0) is 12.3. The second kappa shape index (κ2) is 5.49. The first-order valence-electron chi connectivity index (χ1n) is 4.88. The molecular formula is C12H9BrClNO2. The Morgan fingerprint density at radius 3 is 2.76 bits per heavy atom. The predicted molar refractivity (Wildman–Crippen MR) is 69.4 cm³/mol. The van der Waals surface area contributed by atoms with Gasteiger partial charge < -0.3 is 9.84 Å². The number of aromatic nitrogens is 1. The fraction of sp³-hybridized carbons (Fsp3) is 0.0833. The molecule has 1 aromatic heterocycles. The molecular weight excluding hydrogens is 305 g/mol. The Bertz CT molecular complexity index is 516. The molecule has 3 nitrogen and oxygen atoms in total. The summed E-state index contributed by atoms with van der Waals surface area (Å²) in [6.45, 7) is -0.0368. The molecule has 0 bridgehead atoms. The molecule has 0 aliphatic heterocycles. The highest BCUT2D eigenvalue weighted by Crippen LogP contribution is 2.31. The van der Waals surface area contributed by atoms with Crippen molar-refractivity contribution in [2.75, 3.05) is 0 Å². The summed E-state index contributed by atoms with van der Waals surface area (Å²) in [4.78, 5) is 4.06. The lowest BCUT2D eigenvalue weighted by molar-refractivity contribution is 0.281. The minimum atomic E-state index is -0.0368. The van der Waals surface area contributed by atoms with Crippen molar-refractivity contribution in [1.82, 2.24) is 4.98 Å². The van der Waals surface area contributed by atoms with Crippen molar-refractivity contribution in [1.29, 1.82) is 0 Å². The summed E-state index contributed by atoms with van der Waals surface area (Å²) < 4.78 is 6.41. The molecule has 88 valence electrons. The van der Waals surface area contributed by atoms with E-state index < -0.39 is 0 Å². The molecule has 0 atom stereocenters. The zero-order valence-corrected chi connectivity index (χ0v) is 11.1. The van der Waals surface area contributed by atoms with E-state index in [1.165, 1.54) is 0 Å². The molecule has 0 saturated carbocycles. The molecule has 0 radical (unpaired) electrons. The monoisotopic (exact) mass is 313 g/mol. The van der Waals surface area contributed by atoms with Crippen LogP contribution in [-0.4, -0.2) is 10.1 Å². The van der Waals surface area contributed by atoms with Gasteiger partial charge in [0.2, 0.25) is 5.88 Å². The molecule has 2 aromatic rings. The van der Waals surface area contributed by atoms with Crippen molar-refractivity contribution in [2.45, 2.75) is 6.61 Å². The minimum Gasteiger partial charge on any atom is -0.437 e. The van der Waals surface area contributed by atoms with Crippen LogP contribution >= 0.6 is 27.5 Å². The van der Waals surface area contributed by atoms with Crippen LogP contribution in [0.25, 0.3) is 0 Å². The van der Waals surface area contributed by atoms with E-state index in [0.717, 1.165) is 10.0 Å². The number of halogens is 2. The number of hydrogen-bond acceptors (Lipinski definition) is 3. The lowest BCUT2D eigenvalue weighted by Crippen LogP contribution is -1.90. The molecule has 17 heavy (non-hydrogen) atoms. The molecule has 0 spiro atoms. The molecule has 0 amide bonds. The van der Waals surface area contributed by atoms with Gasteiger partial charge in [-0.1, -0.05) is 27.5 Å². The fourth-order valence-electron chi connectivity index (χ4n) is 1.23. The normalized spacial score (nSPS) is 10.3. The number of aliphatic hydroxyl groups is 1. The molecule has 0 saturated heterocycles. The van der Waals surface area contributed by atoms with E-state index in [4.69, 9.17) is 21.4 Å². The summed E-state index contributed by atoms with van der Waals surface area (Å²) in [6, 6.07) is 8.77. The van der Waals surface area contributed by atoms with Gasteiger partial charge in [-0.05, 0) is 29.8 Å². The van der Waals surface area contributed by atoms with Gasteiger partial charge in [0, 0.05) is 16.7 Å². The summed E-state index contributed by atoms with van der Waals surface area (Å²) in [5.74, 6) is 0.965. The van der Waals surface area contributed by atoms with Gasteiger partial charge in [-0.3, -0.25) is 0 Å². The van der Waals surface area contributed by atoms with Crippen molar-refractivity contribution in [3.8, 4) is 11.6 Å². The SMILES string of the molecule is OCc1ccc(Oc2cc(Br)ccc2Cl)nc1. The molecule has 0 fully saturated rings. The van der Waals surface area contributed by atoms with Gasteiger partial charge in [0.15, 0.2) is 0 Å². The van der Waals surface area contributed by atoms with Gasteiger partial charge >= 0.3 is 0 Å². The summed E-state index contributed by atoms with van der Waals surface area (Å²) in [5, 5.41) is 9.41. The highest BCUT2D eigenvalue weighted by Gasteiger charge is 2.04. The summed E-state index contributed by atoms with van der Waals surface area (Å²) >= 11 is 9.33. The third kappa shape index (κ3) is 3.19. The third-order valence-corrected chi connectivity index (χ3v) is 2.89. The number of pyridine rings is 1. The summed E-state index contributed by atoms with van der Waals surface area (Å²) in [6.07, 6.45) is 1.56. The van der Waals surface area contributed by atoms with Crippen LogP contribution in [0.5, 0.6) is 11.6 Å². The highest BCUT2D eigenvalue weighted by molar-refractivity contribution is 9.10. The first-order valence-corrected chi connectivity index (χ1v) is 6.05. The van der Waals surface area contributed by atoms with E-state index in [1.54, 1.807) is 30.5 Å². The van der Waals surface area contributed by atoms with Crippen molar-refractivity contribution in [3.05, 3.63) is 51.6 Å². The first kappa shape index (κ1) is 12.4. The van der Waals surface area contributed by atoms with Crippen molar-refractivity contribution in [3.63, 3.8) is 0 Å². The molecule has 0 aliphatic carbocycles. The molecule has 2 rings (SSSR count). The molecule has 1 aromatic carbocycles. The Morgan fingerprint density at radius 2 is 2.12 bits per heavy atom. The average molecular weight is 315 g/mol. The van der Waals surface area contributed by atoms with Gasteiger partial charge in [-0.2, -0.15) is 0 Å². The van der Waals surface area contributed by atoms with Crippen LogP contribution < -0.4 is 4.74 Å². The van der Waals surface area contributed by atoms with E-state index in [-0.39, 0.29) is 6.61 Å². The molecule has 1 heterocycles. The van der Waals surface area contributed by atoms with Crippen LogP contribution in [0.3, 0.4) is 0 Å². The second-order valence-electron chi connectivity index (χ2n) is 3.34. The Morgan fingerprint density at radius 1 is 1.29 bits per heavy atom. The third-order valence-electron chi connectivity index (χ3n) is 2.09. The fourth-order valence-corrected chi connectivity index (χ4v) is 1.73. The van der Waals surface area contributed by atoms with Crippen LogP contribution in [0.2, 0.25) is 5.02 Å². The first-order chi connectivity index (χ1) is 8.19. The average Bonchev–Trinajstić information content (AvgIpc) is 2.35. The minimum absolute atomic E-state index is 0.0368. The van der Waals surface area contributed by atoms with E-state index in [0.29, 0.717) is 16.7 Å². The molecule has 5 heteroatoms. The van der Waals surface area contributed by atoms with Crippen LogP contribution in [0.1, 0.15) is 5.56 Å². The lowest BCUT2D eigenvalue weighted by Gasteiger charge is -2.07. The van der Waals surface area contributed by atoms with Crippen LogP contribution in [0, 0.1) is 0 Å². The topological polar surface area (TPSA) is 42.4 Å². The number of nitrogens with zero attached hydrogens (tertiary/aromatic N) is 1. The summed E-state index contributed by atoms with van der Waals surface area (Å²) in [7, 11) is 0. The van der Waals surface area contributed by atoms with Crippen molar-refractivity contribution >= 4 is 27.5 Å². The quantitative estimate of drug-likeness (QED) is 0.937. The standard InChI is InChI=1S/C12H9BrClNO2/c13-9-2-3-10(14)11(5-9)17-12-4-1-8(7-16)6-15-12/h1-6,16H,7H2. The maximum absolute atomic E-state index is 8.89. The van der Waals surface area contributed by atoms with Crippen LogP contribution in [0.15, 0.2) is 41.0 Å². The number of ether oxygens (including phenoxy) is 1. The van der Waals surface area contributed by atoms with E-state index in [2.05, 4.69) is 20.9 Å². The zero-order valence-electron chi connectivity index (χ0n) is 8.73. The number of aliphatic hydroxyl groups excluding tert-OH is 1. The van der Waals surface area contributed by atoms with Gasteiger partial charge in [0.05, 0.1) is 11.6 Å². The largest absolute Gasteiger partial charge is 0.437 e. The Balaban J connectivity index is 2.22. The van der Waals surface area contributed by atoms with E-state index in [9.17, 15) is 0 Å². The number of hydrogen-bond donors (Lipinski definition) is 1. The van der Waals surface area contributed by atoms with Crippen LogP contribution in [-0.2, 0) is 6.61 Å². The maximum atomic E-state index is 8.89. The molecule has 1 N–H and O–H groups in total. The summed E-state index contributed by atoms with van der Waals surface area (Å²) in [5.41, 5.74) is 0.734. The Labute approximate surface area is 112 Å².